The van der Waals surface area contributed by atoms with Gasteiger partial charge in [-0.15, -0.1) is 11.3 Å². The molecule has 2 saturated heterocycles. The van der Waals surface area contributed by atoms with Crippen molar-refractivity contribution < 1.29 is 19.1 Å². The maximum atomic E-state index is 12.4. The summed E-state index contributed by atoms with van der Waals surface area (Å²) < 4.78 is 11.1. The van der Waals surface area contributed by atoms with Gasteiger partial charge in [-0.2, -0.15) is 0 Å². The van der Waals surface area contributed by atoms with Crippen LogP contribution in [0.4, 0.5) is 5.13 Å². The number of nitrogens with one attached hydrogen (secondary N) is 1. The highest BCUT2D eigenvalue weighted by Gasteiger charge is 2.25. The molecule has 2 aliphatic heterocycles. The lowest BCUT2D eigenvalue weighted by atomic mass is 9.93. The van der Waals surface area contributed by atoms with Crippen LogP contribution in [0.15, 0.2) is 29.9 Å². The second-order valence-corrected chi connectivity index (χ2v) is 8.46. The van der Waals surface area contributed by atoms with Crippen LogP contribution < -0.4 is 5.32 Å². The summed E-state index contributed by atoms with van der Waals surface area (Å²) in [6.45, 7) is 2.79. The van der Waals surface area contributed by atoms with E-state index in [-0.39, 0.29) is 30.4 Å². The number of thiazole rings is 1. The number of likely N-dealkylation sites (tertiary alicyclic amines) is 1. The van der Waals surface area contributed by atoms with E-state index in [0.717, 1.165) is 38.0 Å². The van der Waals surface area contributed by atoms with Crippen molar-refractivity contribution in [3.8, 4) is 0 Å². The Morgan fingerprint density at radius 3 is 2.77 bits per heavy atom. The normalized spacial score (nSPS) is 19.7. The number of amides is 2. The first-order valence-corrected chi connectivity index (χ1v) is 11.2. The molecule has 4 rings (SSSR count). The minimum Gasteiger partial charge on any atom is -0.376 e. The monoisotopic (exact) mass is 430 g/mol. The predicted molar refractivity (Wildman–Crippen MR) is 113 cm³/mol. The molecule has 4 heterocycles. The number of ether oxygens (including phenoxy) is 2. The molecule has 1 atom stereocenters. The molecule has 0 saturated carbocycles. The van der Waals surface area contributed by atoms with Crippen LogP contribution in [0.3, 0.4) is 0 Å². The Morgan fingerprint density at radius 2 is 2.10 bits per heavy atom. The van der Waals surface area contributed by atoms with Crippen molar-refractivity contribution in [2.24, 2.45) is 0 Å². The third-order valence-corrected chi connectivity index (χ3v) is 6.21. The zero-order valence-electron chi connectivity index (χ0n) is 16.8. The van der Waals surface area contributed by atoms with Crippen LogP contribution in [0.25, 0.3) is 0 Å². The van der Waals surface area contributed by atoms with Crippen LogP contribution in [-0.2, 0) is 14.3 Å². The Labute approximate surface area is 179 Å². The number of nitrogens with zero attached hydrogens (tertiary/aromatic N) is 3. The lowest BCUT2D eigenvalue weighted by Crippen LogP contribution is -2.40. The van der Waals surface area contributed by atoms with Gasteiger partial charge < -0.3 is 14.4 Å². The highest BCUT2D eigenvalue weighted by molar-refractivity contribution is 7.13. The Hall–Kier alpha value is -2.36. The second kappa shape index (κ2) is 10.1. The number of hydrogen-bond donors (Lipinski definition) is 1. The van der Waals surface area contributed by atoms with Crippen molar-refractivity contribution in [3.63, 3.8) is 0 Å². The van der Waals surface area contributed by atoms with Gasteiger partial charge in [-0.3, -0.25) is 19.9 Å². The van der Waals surface area contributed by atoms with Gasteiger partial charge in [-0.1, -0.05) is 0 Å². The van der Waals surface area contributed by atoms with Gasteiger partial charge in [0, 0.05) is 49.1 Å². The van der Waals surface area contributed by atoms with Crippen LogP contribution in [0.5, 0.6) is 0 Å². The molecule has 0 aliphatic carbocycles. The summed E-state index contributed by atoms with van der Waals surface area (Å²) in [7, 11) is 0. The average molecular weight is 431 g/mol. The topological polar surface area (TPSA) is 93.7 Å². The van der Waals surface area contributed by atoms with Gasteiger partial charge in [-0.05, 0) is 37.8 Å². The molecule has 0 aromatic carbocycles. The molecule has 8 nitrogen and oxygen atoms in total. The molecule has 2 aromatic rings. The Morgan fingerprint density at radius 1 is 1.23 bits per heavy atom. The van der Waals surface area contributed by atoms with Crippen molar-refractivity contribution in [2.75, 3.05) is 38.2 Å². The van der Waals surface area contributed by atoms with E-state index in [1.54, 1.807) is 18.5 Å². The smallest absolute Gasteiger partial charge is 0.259 e. The van der Waals surface area contributed by atoms with Crippen molar-refractivity contribution in [1.82, 2.24) is 14.9 Å². The van der Waals surface area contributed by atoms with E-state index < -0.39 is 0 Å². The van der Waals surface area contributed by atoms with Crippen LogP contribution in [0.1, 0.15) is 47.7 Å². The van der Waals surface area contributed by atoms with Crippen molar-refractivity contribution in [2.45, 2.75) is 37.7 Å². The van der Waals surface area contributed by atoms with Gasteiger partial charge in [-0.25, -0.2) is 4.98 Å². The van der Waals surface area contributed by atoms with E-state index in [4.69, 9.17) is 9.47 Å². The molecule has 0 spiro atoms. The molecule has 2 aromatic heterocycles. The minimum atomic E-state index is -0.215. The molecule has 2 aliphatic rings. The molecule has 160 valence electrons. The van der Waals surface area contributed by atoms with E-state index in [9.17, 15) is 9.59 Å². The average Bonchev–Trinajstić information content (AvgIpc) is 3.48. The largest absolute Gasteiger partial charge is 0.376 e. The lowest BCUT2D eigenvalue weighted by molar-refractivity contribution is -0.138. The number of rotatable bonds is 7. The highest BCUT2D eigenvalue weighted by atomic mass is 32.1. The van der Waals surface area contributed by atoms with Crippen molar-refractivity contribution in [1.29, 1.82) is 0 Å². The summed E-state index contributed by atoms with van der Waals surface area (Å²) in [5.41, 5.74) is 1.47. The van der Waals surface area contributed by atoms with Gasteiger partial charge in [0.1, 0.15) is 6.61 Å². The zero-order chi connectivity index (χ0) is 20.8. The molecule has 1 unspecified atom stereocenters. The number of aromatic nitrogens is 2. The number of carbonyl (C=O) groups excluding carboxylic acids is 2. The summed E-state index contributed by atoms with van der Waals surface area (Å²) >= 11 is 1.37. The molecule has 2 amide bonds. The van der Waals surface area contributed by atoms with E-state index in [1.807, 2.05) is 16.3 Å². The first-order valence-electron chi connectivity index (χ1n) is 10.3. The summed E-state index contributed by atoms with van der Waals surface area (Å²) in [5, 5.41) is 5.13. The number of carbonyl (C=O) groups is 2. The fourth-order valence-corrected chi connectivity index (χ4v) is 4.33. The van der Waals surface area contributed by atoms with E-state index in [0.29, 0.717) is 30.4 Å². The van der Waals surface area contributed by atoms with Crippen molar-refractivity contribution in [3.05, 3.63) is 41.2 Å². The molecule has 0 bridgehead atoms. The molecule has 2 fully saturated rings. The van der Waals surface area contributed by atoms with Gasteiger partial charge in [0.05, 0.1) is 18.3 Å². The van der Waals surface area contributed by atoms with Gasteiger partial charge in [0.25, 0.3) is 5.91 Å². The summed E-state index contributed by atoms with van der Waals surface area (Å²) in [6.07, 6.45) is 7.19. The van der Waals surface area contributed by atoms with Gasteiger partial charge >= 0.3 is 0 Å². The second-order valence-electron chi connectivity index (χ2n) is 7.57. The zero-order valence-corrected chi connectivity index (χ0v) is 17.6. The fourth-order valence-electron chi connectivity index (χ4n) is 3.80. The standard InChI is InChI=1S/C21H26N4O4S/c26-19(14-28-13-17-2-1-10-29-17)25-8-5-15(6-9-25)18-4-3-16(12-23-18)20(27)24-21-22-7-11-30-21/h3-4,7,11-12,15,17H,1-2,5-6,8-10,13-14H2,(H,22,24,27). The third-order valence-electron chi connectivity index (χ3n) is 5.52. The van der Waals surface area contributed by atoms with Gasteiger partial charge in [0.2, 0.25) is 5.91 Å². The molecule has 9 heteroatoms. The number of anilines is 1. The Balaban J connectivity index is 1.21. The highest BCUT2D eigenvalue weighted by Crippen LogP contribution is 2.27. The summed E-state index contributed by atoms with van der Waals surface area (Å²) in [6, 6.07) is 3.70. The van der Waals surface area contributed by atoms with Crippen LogP contribution >= 0.6 is 11.3 Å². The van der Waals surface area contributed by atoms with Crippen LogP contribution in [0.2, 0.25) is 0 Å². The fraction of sp³-hybridized carbons (Fsp3) is 0.524. The maximum Gasteiger partial charge on any atom is 0.259 e. The quantitative estimate of drug-likeness (QED) is 0.726. The molecule has 0 radical (unpaired) electrons. The van der Waals surface area contributed by atoms with E-state index >= 15 is 0 Å². The van der Waals surface area contributed by atoms with Crippen molar-refractivity contribution >= 4 is 28.3 Å². The Kier molecular flexibility index (Phi) is 7.03. The third kappa shape index (κ3) is 5.41. The molecular weight excluding hydrogens is 404 g/mol. The lowest BCUT2D eigenvalue weighted by Gasteiger charge is -2.31. The summed E-state index contributed by atoms with van der Waals surface area (Å²) in [5.74, 6) is 0.110. The first-order chi connectivity index (χ1) is 14.7. The summed E-state index contributed by atoms with van der Waals surface area (Å²) in [4.78, 5) is 35.0. The number of hydrogen-bond acceptors (Lipinski definition) is 7. The van der Waals surface area contributed by atoms with Gasteiger partial charge in [0.15, 0.2) is 5.13 Å². The molecule has 30 heavy (non-hydrogen) atoms. The maximum absolute atomic E-state index is 12.4. The first kappa shape index (κ1) is 20.9. The SMILES string of the molecule is O=C(Nc1nccs1)c1ccc(C2CCN(C(=O)COCC3CCCO3)CC2)nc1. The Bertz CT molecular complexity index is 829. The minimum absolute atomic E-state index is 0.0358. The number of piperidine rings is 1. The number of pyridine rings is 1. The van der Waals surface area contributed by atoms with E-state index in [1.165, 1.54) is 11.3 Å². The molecule has 1 N–H and O–H groups in total. The van der Waals surface area contributed by atoms with Crippen LogP contribution in [0, 0.1) is 0 Å². The molecular formula is C21H26N4O4S. The van der Waals surface area contributed by atoms with Crippen LogP contribution in [-0.4, -0.2) is 65.7 Å². The van der Waals surface area contributed by atoms with E-state index in [2.05, 4.69) is 15.3 Å². The predicted octanol–water partition coefficient (Wildman–Crippen LogP) is 2.69.